The summed E-state index contributed by atoms with van der Waals surface area (Å²) in [5, 5.41) is 4.17. The van der Waals surface area contributed by atoms with Crippen LogP contribution in [-0.2, 0) is 22.5 Å². The van der Waals surface area contributed by atoms with Gasteiger partial charge in [0.1, 0.15) is 0 Å². The summed E-state index contributed by atoms with van der Waals surface area (Å²) >= 11 is 12.1. The molecule has 0 aliphatic carbocycles. The Balaban J connectivity index is 1.49. The van der Waals surface area contributed by atoms with Gasteiger partial charge in [0.15, 0.2) is 0 Å². The number of benzene rings is 2. The molecule has 2 aromatic carbocycles. The highest BCUT2D eigenvalue weighted by Gasteiger charge is 2.23. The summed E-state index contributed by atoms with van der Waals surface area (Å²) in [5.41, 5.74) is 2.28. The summed E-state index contributed by atoms with van der Waals surface area (Å²) < 4.78 is 5.61. The van der Waals surface area contributed by atoms with Gasteiger partial charge < -0.3 is 10.1 Å². The van der Waals surface area contributed by atoms with Crippen molar-refractivity contribution in [2.45, 2.75) is 25.4 Å². The highest BCUT2D eigenvalue weighted by Crippen LogP contribution is 2.24. The summed E-state index contributed by atoms with van der Waals surface area (Å²) in [7, 11) is 0. The molecule has 4 nitrogen and oxygen atoms in total. The number of aryl methyl sites for hydroxylation is 1. The number of nitrogens with one attached hydrogen (secondary N) is 1. The van der Waals surface area contributed by atoms with Crippen LogP contribution in [0, 0.1) is 0 Å². The number of halogens is 2. The van der Waals surface area contributed by atoms with Crippen LogP contribution in [0.2, 0.25) is 10.0 Å². The highest BCUT2D eigenvalue weighted by atomic mass is 35.5. The van der Waals surface area contributed by atoms with Crippen LogP contribution in [0.15, 0.2) is 48.5 Å². The normalized spacial score (nSPS) is 17.6. The predicted octanol–water partition coefficient (Wildman–Crippen LogP) is 3.94. The van der Waals surface area contributed by atoms with Gasteiger partial charge in [-0.3, -0.25) is 9.69 Å². The standard InChI is InChI=1S/C21H24Cl2N2O2/c22-19-8-6-17(12-20(19)23)14-25-10-11-27-15-18(25)13-24-21(26)9-7-16-4-2-1-3-5-16/h1-6,8,12,18H,7,9-11,13-15H2,(H,24,26). The van der Waals surface area contributed by atoms with Crippen LogP contribution < -0.4 is 5.32 Å². The number of hydrogen-bond donors (Lipinski definition) is 1. The minimum Gasteiger partial charge on any atom is -0.378 e. The molecule has 1 saturated heterocycles. The van der Waals surface area contributed by atoms with Crippen LogP contribution >= 0.6 is 23.2 Å². The zero-order valence-electron chi connectivity index (χ0n) is 15.2. The second kappa shape index (κ2) is 10.1. The van der Waals surface area contributed by atoms with Crippen molar-refractivity contribution in [2.75, 3.05) is 26.3 Å². The first-order chi connectivity index (χ1) is 13.1. The minimum absolute atomic E-state index is 0.0684. The molecule has 1 unspecified atom stereocenters. The SMILES string of the molecule is O=C(CCc1ccccc1)NCC1COCCN1Cc1ccc(Cl)c(Cl)c1. The zero-order valence-corrected chi connectivity index (χ0v) is 16.7. The van der Waals surface area contributed by atoms with Crippen LogP contribution in [0.1, 0.15) is 17.5 Å². The van der Waals surface area contributed by atoms with E-state index < -0.39 is 0 Å². The maximum atomic E-state index is 12.2. The molecule has 0 aromatic heterocycles. The van der Waals surface area contributed by atoms with Crippen molar-refractivity contribution in [1.82, 2.24) is 10.2 Å². The lowest BCUT2D eigenvalue weighted by atomic mass is 10.1. The predicted molar refractivity (Wildman–Crippen MR) is 109 cm³/mol. The number of hydrogen-bond acceptors (Lipinski definition) is 3. The Bertz CT molecular complexity index is 755. The average Bonchev–Trinajstić information content (AvgIpc) is 2.69. The smallest absolute Gasteiger partial charge is 0.220 e. The van der Waals surface area contributed by atoms with Crippen molar-refractivity contribution in [2.24, 2.45) is 0 Å². The van der Waals surface area contributed by atoms with Crippen molar-refractivity contribution >= 4 is 29.1 Å². The van der Waals surface area contributed by atoms with Gasteiger partial charge in [-0.15, -0.1) is 0 Å². The first-order valence-corrected chi connectivity index (χ1v) is 9.94. The number of carbonyl (C=O) groups excluding carboxylic acids is 1. The maximum absolute atomic E-state index is 12.2. The van der Waals surface area contributed by atoms with Gasteiger partial charge in [-0.2, -0.15) is 0 Å². The summed E-state index contributed by atoms with van der Waals surface area (Å²) in [6, 6.07) is 15.9. The van der Waals surface area contributed by atoms with E-state index in [-0.39, 0.29) is 11.9 Å². The van der Waals surface area contributed by atoms with E-state index in [4.69, 9.17) is 27.9 Å². The van der Waals surface area contributed by atoms with Crippen molar-refractivity contribution < 1.29 is 9.53 Å². The molecule has 1 heterocycles. The lowest BCUT2D eigenvalue weighted by molar-refractivity contribution is -0.121. The monoisotopic (exact) mass is 406 g/mol. The van der Waals surface area contributed by atoms with Crippen LogP contribution in [0.25, 0.3) is 0 Å². The van der Waals surface area contributed by atoms with Gasteiger partial charge in [0.05, 0.1) is 29.3 Å². The Morgan fingerprint density at radius 3 is 2.70 bits per heavy atom. The van der Waals surface area contributed by atoms with Gasteiger partial charge in [0.25, 0.3) is 0 Å². The number of amides is 1. The second-order valence-electron chi connectivity index (χ2n) is 6.74. The summed E-state index contributed by atoms with van der Waals surface area (Å²) in [4.78, 5) is 14.5. The van der Waals surface area contributed by atoms with E-state index in [9.17, 15) is 4.79 Å². The lowest BCUT2D eigenvalue weighted by Crippen LogP contribution is -2.50. The Kier molecular flexibility index (Phi) is 7.53. The molecule has 0 saturated carbocycles. The van der Waals surface area contributed by atoms with E-state index in [0.717, 1.165) is 25.1 Å². The Morgan fingerprint density at radius 2 is 1.93 bits per heavy atom. The van der Waals surface area contributed by atoms with Crippen molar-refractivity contribution in [3.05, 3.63) is 69.7 Å². The molecule has 0 spiro atoms. The molecule has 1 N–H and O–H groups in total. The second-order valence-corrected chi connectivity index (χ2v) is 7.55. The molecule has 1 aliphatic rings. The topological polar surface area (TPSA) is 41.6 Å². The minimum atomic E-state index is 0.0684. The van der Waals surface area contributed by atoms with E-state index >= 15 is 0 Å². The van der Waals surface area contributed by atoms with Crippen LogP contribution in [0.5, 0.6) is 0 Å². The lowest BCUT2D eigenvalue weighted by Gasteiger charge is -2.35. The molecule has 1 aliphatic heterocycles. The quantitative estimate of drug-likeness (QED) is 0.756. The van der Waals surface area contributed by atoms with Gasteiger partial charge in [-0.25, -0.2) is 0 Å². The summed E-state index contributed by atoms with van der Waals surface area (Å²) in [5.74, 6) is 0.0684. The number of nitrogens with zero attached hydrogens (tertiary/aromatic N) is 1. The average molecular weight is 407 g/mol. The molecule has 1 amide bonds. The molecule has 144 valence electrons. The maximum Gasteiger partial charge on any atom is 0.220 e. The molecule has 27 heavy (non-hydrogen) atoms. The first-order valence-electron chi connectivity index (χ1n) is 9.18. The number of morpholine rings is 1. The molecule has 2 aromatic rings. The van der Waals surface area contributed by atoms with E-state index in [2.05, 4.69) is 10.2 Å². The van der Waals surface area contributed by atoms with E-state index in [1.165, 1.54) is 5.56 Å². The summed E-state index contributed by atoms with van der Waals surface area (Å²) in [6.45, 7) is 3.46. The van der Waals surface area contributed by atoms with E-state index in [0.29, 0.717) is 36.2 Å². The Morgan fingerprint density at radius 1 is 1.11 bits per heavy atom. The fourth-order valence-electron chi connectivity index (χ4n) is 3.18. The van der Waals surface area contributed by atoms with Crippen molar-refractivity contribution in [3.63, 3.8) is 0 Å². The van der Waals surface area contributed by atoms with Gasteiger partial charge in [-0.05, 0) is 29.7 Å². The van der Waals surface area contributed by atoms with Crippen molar-refractivity contribution in [1.29, 1.82) is 0 Å². The Labute approximate surface area is 170 Å². The third-order valence-corrected chi connectivity index (χ3v) is 5.48. The zero-order chi connectivity index (χ0) is 19.1. The summed E-state index contributed by atoms with van der Waals surface area (Å²) in [6.07, 6.45) is 1.24. The van der Waals surface area contributed by atoms with Crippen LogP contribution in [-0.4, -0.2) is 43.2 Å². The number of rotatable bonds is 7. The third kappa shape index (κ3) is 6.22. The molecule has 6 heteroatoms. The molecule has 1 fully saturated rings. The largest absolute Gasteiger partial charge is 0.378 e. The van der Waals surface area contributed by atoms with E-state index in [1.807, 2.05) is 48.5 Å². The van der Waals surface area contributed by atoms with Crippen LogP contribution in [0.3, 0.4) is 0 Å². The number of carbonyl (C=O) groups is 1. The highest BCUT2D eigenvalue weighted by molar-refractivity contribution is 6.42. The molecule has 0 radical (unpaired) electrons. The number of ether oxygens (including phenoxy) is 1. The van der Waals surface area contributed by atoms with E-state index in [1.54, 1.807) is 0 Å². The molecule has 1 atom stereocenters. The van der Waals surface area contributed by atoms with Gasteiger partial charge in [0.2, 0.25) is 5.91 Å². The fraction of sp³-hybridized carbons (Fsp3) is 0.381. The molecular formula is C21H24Cl2N2O2. The van der Waals surface area contributed by atoms with Gasteiger partial charge >= 0.3 is 0 Å². The third-order valence-electron chi connectivity index (χ3n) is 4.74. The van der Waals surface area contributed by atoms with Crippen LogP contribution in [0.4, 0.5) is 0 Å². The first kappa shape index (κ1) is 20.2. The Hall–Kier alpha value is -1.59. The molecular weight excluding hydrogens is 383 g/mol. The van der Waals surface area contributed by atoms with Gasteiger partial charge in [0, 0.05) is 26.1 Å². The molecule has 0 bridgehead atoms. The van der Waals surface area contributed by atoms with Gasteiger partial charge in [-0.1, -0.05) is 59.6 Å². The molecule has 3 rings (SSSR count). The van der Waals surface area contributed by atoms with Crippen molar-refractivity contribution in [3.8, 4) is 0 Å². The fourth-order valence-corrected chi connectivity index (χ4v) is 3.50.